The predicted molar refractivity (Wildman–Crippen MR) is 89.2 cm³/mol. The van der Waals surface area contributed by atoms with Gasteiger partial charge in [-0.2, -0.15) is 5.48 Å². The zero-order valence-corrected chi connectivity index (χ0v) is 13.2. The maximum Gasteiger partial charge on any atom is 0.329 e. The Morgan fingerprint density at radius 1 is 1.08 bits per heavy atom. The van der Waals surface area contributed by atoms with Gasteiger partial charge in [0.1, 0.15) is 11.5 Å². The second-order valence-electron chi connectivity index (χ2n) is 5.14. The van der Waals surface area contributed by atoms with Gasteiger partial charge in [0.25, 0.3) is 0 Å². The lowest BCUT2D eigenvalue weighted by atomic mass is 10.1. The highest BCUT2D eigenvalue weighted by Crippen LogP contribution is 2.31. The third-order valence-corrected chi connectivity index (χ3v) is 3.32. The van der Waals surface area contributed by atoms with Crippen LogP contribution in [0.25, 0.3) is 10.8 Å². The Kier molecular flexibility index (Phi) is 4.47. The minimum absolute atomic E-state index is 0.245. The third-order valence-electron chi connectivity index (χ3n) is 3.32. The summed E-state index contributed by atoms with van der Waals surface area (Å²) < 4.78 is 5.72. The summed E-state index contributed by atoms with van der Waals surface area (Å²) in [6, 6.07) is 14.2. The van der Waals surface area contributed by atoms with E-state index in [1.54, 1.807) is 18.2 Å². The number of hydrogen-bond donors (Lipinski definition) is 2. The number of carbonyl (C=O) groups is 2. The summed E-state index contributed by atoms with van der Waals surface area (Å²) in [4.78, 5) is 30.9. The number of nitrogens with zero attached hydrogens (tertiary/aromatic N) is 1. The molecule has 3 rings (SSSR count). The summed E-state index contributed by atoms with van der Waals surface area (Å²) in [6.45, 7) is 1.14. The van der Waals surface area contributed by atoms with Crippen LogP contribution >= 0.6 is 0 Å². The van der Waals surface area contributed by atoms with Crippen molar-refractivity contribution in [2.45, 2.75) is 6.92 Å². The molecule has 0 aliphatic carbocycles. The van der Waals surface area contributed by atoms with Crippen molar-refractivity contribution in [3.8, 4) is 17.2 Å². The molecule has 0 saturated carbocycles. The SMILES string of the molecule is CC(=O)ONC(=O)c1ncc2cc(Oc3ccccc3)ccc2c1O. The van der Waals surface area contributed by atoms with Gasteiger partial charge in [-0.1, -0.05) is 18.2 Å². The molecule has 0 unspecified atom stereocenters. The Bertz CT molecular complexity index is 941. The molecular formula is C18H14N2O5. The number of para-hydroxylation sites is 1. The summed E-state index contributed by atoms with van der Waals surface area (Å²) >= 11 is 0. The van der Waals surface area contributed by atoms with Crippen molar-refractivity contribution >= 4 is 22.6 Å². The molecule has 7 heteroatoms. The van der Waals surface area contributed by atoms with Gasteiger partial charge < -0.3 is 14.7 Å². The Hall–Kier alpha value is -3.61. The van der Waals surface area contributed by atoms with Crippen LogP contribution in [0.15, 0.2) is 54.7 Å². The number of nitrogens with one attached hydrogen (secondary N) is 1. The number of hydroxylamine groups is 1. The molecular weight excluding hydrogens is 324 g/mol. The van der Waals surface area contributed by atoms with Crippen molar-refractivity contribution in [3.05, 3.63) is 60.4 Å². The molecule has 1 heterocycles. The Balaban J connectivity index is 1.88. The van der Waals surface area contributed by atoms with Gasteiger partial charge in [-0.3, -0.25) is 9.59 Å². The molecule has 0 aliphatic rings. The number of fused-ring (bicyclic) bond motifs is 1. The molecule has 2 N–H and O–H groups in total. The van der Waals surface area contributed by atoms with E-state index in [0.717, 1.165) is 6.92 Å². The van der Waals surface area contributed by atoms with Crippen LogP contribution in [-0.4, -0.2) is 22.0 Å². The molecule has 7 nitrogen and oxygen atoms in total. The highest BCUT2D eigenvalue weighted by atomic mass is 16.7. The van der Waals surface area contributed by atoms with Crippen LogP contribution in [-0.2, 0) is 9.63 Å². The minimum Gasteiger partial charge on any atom is -0.505 e. The average Bonchev–Trinajstić information content (AvgIpc) is 2.61. The molecule has 2 aromatic carbocycles. The van der Waals surface area contributed by atoms with E-state index in [1.807, 2.05) is 35.8 Å². The van der Waals surface area contributed by atoms with Crippen molar-refractivity contribution in [3.63, 3.8) is 0 Å². The monoisotopic (exact) mass is 338 g/mol. The van der Waals surface area contributed by atoms with Gasteiger partial charge in [0.2, 0.25) is 0 Å². The Morgan fingerprint density at radius 2 is 1.84 bits per heavy atom. The Morgan fingerprint density at radius 3 is 2.56 bits per heavy atom. The maximum atomic E-state index is 11.9. The number of benzene rings is 2. The summed E-state index contributed by atoms with van der Waals surface area (Å²) in [5.74, 6) is -0.572. The summed E-state index contributed by atoms with van der Waals surface area (Å²) in [7, 11) is 0. The molecule has 1 aromatic heterocycles. The summed E-state index contributed by atoms with van der Waals surface area (Å²) in [6.07, 6.45) is 1.43. The lowest BCUT2D eigenvalue weighted by Gasteiger charge is -2.09. The first-order valence-electron chi connectivity index (χ1n) is 7.37. The van der Waals surface area contributed by atoms with Crippen LogP contribution in [0.4, 0.5) is 0 Å². The highest BCUT2D eigenvalue weighted by Gasteiger charge is 2.17. The molecule has 0 aliphatic heterocycles. The van der Waals surface area contributed by atoms with Gasteiger partial charge >= 0.3 is 11.9 Å². The molecule has 0 saturated heterocycles. The third kappa shape index (κ3) is 3.66. The van der Waals surface area contributed by atoms with Crippen LogP contribution in [0.1, 0.15) is 17.4 Å². The van der Waals surface area contributed by atoms with Gasteiger partial charge in [0, 0.05) is 23.9 Å². The average molecular weight is 338 g/mol. The van der Waals surface area contributed by atoms with E-state index >= 15 is 0 Å². The summed E-state index contributed by atoms with van der Waals surface area (Å²) in [5.41, 5.74) is 1.67. The molecule has 126 valence electrons. The van der Waals surface area contributed by atoms with Crippen LogP contribution < -0.4 is 10.2 Å². The lowest BCUT2D eigenvalue weighted by Crippen LogP contribution is -2.26. The first kappa shape index (κ1) is 16.3. The van der Waals surface area contributed by atoms with Gasteiger partial charge in [-0.05, 0) is 30.3 Å². The maximum absolute atomic E-state index is 11.9. The molecule has 3 aromatic rings. The molecule has 1 amide bonds. The van der Waals surface area contributed by atoms with E-state index < -0.39 is 11.9 Å². The van der Waals surface area contributed by atoms with E-state index in [2.05, 4.69) is 9.82 Å². The topological polar surface area (TPSA) is 97.8 Å². The van der Waals surface area contributed by atoms with Crippen molar-refractivity contribution in [1.29, 1.82) is 0 Å². The predicted octanol–water partition coefficient (Wildman–Crippen LogP) is 2.94. The zero-order valence-electron chi connectivity index (χ0n) is 13.2. The fourth-order valence-corrected chi connectivity index (χ4v) is 2.21. The van der Waals surface area contributed by atoms with Crippen LogP contribution in [0.3, 0.4) is 0 Å². The van der Waals surface area contributed by atoms with Crippen molar-refractivity contribution in [2.75, 3.05) is 0 Å². The van der Waals surface area contributed by atoms with Crippen molar-refractivity contribution in [1.82, 2.24) is 10.5 Å². The lowest BCUT2D eigenvalue weighted by molar-refractivity contribution is -0.146. The van der Waals surface area contributed by atoms with E-state index in [-0.39, 0.29) is 11.4 Å². The van der Waals surface area contributed by atoms with E-state index in [9.17, 15) is 14.7 Å². The molecule has 0 atom stereocenters. The molecule has 25 heavy (non-hydrogen) atoms. The quantitative estimate of drug-likeness (QED) is 0.713. The normalized spacial score (nSPS) is 10.3. The number of rotatable bonds is 3. The molecule has 0 fully saturated rings. The largest absolute Gasteiger partial charge is 0.505 e. The summed E-state index contributed by atoms with van der Waals surface area (Å²) in [5, 5.41) is 11.3. The van der Waals surface area contributed by atoms with Gasteiger partial charge in [0.05, 0.1) is 0 Å². The van der Waals surface area contributed by atoms with Gasteiger partial charge in [0.15, 0.2) is 11.4 Å². The fraction of sp³-hybridized carbons (Fsp3) is 0.0556. The zero-order chi connectivity index (χ0) is 17.8. The number of ether oxygens (including phenoxy) is 1. The number of aromatic nitrogens is 1. The van der Waals surface area contributed by atoms with Crippen LogP contribution in [0.2, 0.25) is 0 Å². The van der Waals surface area contributed by atoms with E-state index in [1.165, 1.54) is 6.20 Å². The fourth-order valence-electron chi connectivity index (χ4n) is 2.21. The number of aromatic hydroxyl groups is 1. The second kappa shape index (κ2) is 6.88. The van der Waals surface area contributed by atoms with Gasteiger partial charge in [-0.15, -0.1) is 0 Å². The molecule has 0 bridgehead atoms. The van der Waals surface area contributed by atoms with Crippen molar-refractivity contribution in [2.24, 2.45) is 0 Å². The van der Waals surface area contributed by atoms with Crippen LogP contribution in [0.5, 0.6) is 17.2 Å². The smallest absolute Gasteiger partial charge is 0.329 e. The number of amides is 1. The number of pyridine rings is 1. The molecule has 0 radical (unpaired) electrons. The number of hydrogen-bond acceptors (Lipinski definition) is 6. The second-order valence-corrected chi connectivity index (χ2v) is 5.14. The Labute approximate surface area is 142 Å². The van der Waals surface area contributed by atoms with E-state index in [4.69, 9.17) is 4.74 Å². The standard InChI is InChI=1S/C18H14N2O5/c1-11(21)25-20-18(23)16-17(22)15-8-7-14(9-12(15)10-19-16)24-13-5-3-2-4-6-13/h2-10,22H,1H3,(H,20,23). The minimum atomic E-state index is -0.820. The van der Waals surface area contributed by atoms with Crippen molar-refractivity contribution < 1.29 is 24.3 Å². The first-order valence-corrected chi connectivity index (χ1v) is 7.37. The van der Waals surface area contributed by atoms with Gasteiger partial charge in [-0.25, -0.2) is 4.98 Å². The highest BCUT2D eigenvalue weighted by molar-refractivity contribution is 6.01. The van der Waals surface area contributed by atoms with E-state index in [0.29, 0.717) is 22.3 Å². The first-order chi connectivity index (χ1) is 12.0. The molecule has 0 spiro atoms. The van der Waals surface area contributed by atoms with Crippen LogP contribution in [0, 0.1) is 0 Å². The number of carbonyl (C=O) groups excluding carboxylic acids is 2.